The first-order chi connectivity index (χ1) is 5.04. The van der Waals surface area contributed by atoms with Gasteiger partial charge in [0.15, 0.2) is 0 Å². The molecule has 0 unspecified atom stereocenters. The normalized spacial score (nSPS) is 12.3. The van der Waals surface area contributed by atoms with E-state index < -0.39 is 0 Å². The van der Waals surface area contributed by atoms with E-state index in [1.165, 1.54) is 6.08 Å². The summed E-state index contributed by atoms with van der Waals surface area (Å²) in [5, 5.41) is 0. The van der Waals surface area contributed by atoms with E-state index in [1.54, 1.807) is 0 Å². The number of rotatable bonds is 4. The molecule has 0 spiro atoms. The summed E-state index contributed by atoms with van der Waals surface area (Å²) in [5.74, 6) is -0.363. The van der Waals surface area contributed by atoms with Crippen LogP contribution in [-0.2, 0) is 4.79 Å². The van der Waals surface area contributed by atoms with Crippen LogP contribution in [0.3, 0.4) is 0 Å². The Kier molecular flexibility index (Phi) is 3.86. The number of primary amides is 1. The molecule has 0 aromatic carbocycles. The number of allylic oxidation sites excluding steroid dienone is 1. The van der Waals surface area contributed by atoms with Crippen molar-refractivity contribution in [2.24, 2.45) is 11.1 Å². The predicted octanol–water partition coefficient (Wildman–Crippen LogP) is 1.85. The van der Waals surface area contributed by atoms with Crippen molar-refractivity contribution in [2.45, 2.75) is 33.6 Å². The van der Waals surface area contributed by atoms with Gasteiger partial charge in [-0.05, 0) is 24.3 Å². The average molecular weight is 155 g/mol. The molecule has 1 amide bonds. The second kappa shape index (κ2) is 4.16. The monoisotopic (exact) mass is 155 g/mol. The maximum absolute atomic E-state index is 10.4. The number of hydrogen-bond donors (Lipinski definition) is 1. The second-order valence-corrected chi connectivity index (χ2v) is 3.10. The molecule has 2 nitrogen and oxygen atoms in total. The number of nitrogens with two attached hydrogens (primary N) is 1. The van der Waals surface area contributed by atoms with Gasteiger partial charge < -0.3 is 5.73 Å². The van der Waals surface area contributed by atoms with Crippen molar-refractivity contribution in [3.63, 3.8) is 0 Å². The molecule has 0 heterocycles. The second-order valence-electron chi connectivity index (χ2n) is 3.10. The zero-order chi connectivity index (χ0) is 8.91. The van der Waals surface area contributed by atoms with Gasteiger partial charge in [-0.1, -0.05) is 26.8 Å². The lowest BCUT2D eigenvalue weighted by Crippen LogP contribution is -2.13. The molecule has 0 aliphatic heterocycles. The minimum atomic E-state index is -0.363. The first-order valence-electron chi connectivity index (χ1n) is 4.02. The van der Waals surface area contributed by atoms with Crippen molar-refractivity contribution >= 4 is 5.91 Å². The SMILES string of the molecule is CCC(C)(/C=C/C(N)=O)CC. The summed E-state index contributed by atoms with van der Waals surface area (Å²) >= 11 is 0. The number of hydrogen-bond acceptors (Lipinski definition) is 1. The van der Waals surface area contributed by atoms with Gasteiger partial charge in [0.05, 0.1) is 0 Å². The van der Waals surface area contributed by atoms with Crippen molar-refractivity contribution < 1.29 is 4.79 Å². The van der Waals surface area contributed by atoms with E-state index in [1.807, 2.05) is 6.08 Å². The van der Waals surface area contributed by atoms with Crippen LogP contribution in [0.1, 0.15) is 33.6 Å². The van der Waals surface area contributed by atoms with Crippen molar-refractivity contribution in [2.75, 3.05) is 0 Å². The molecule has 0 aliphatic carbocycles. The van der Waals surface area contributed by atoms with Gasteiger partial charge in [-0.25, -0.2) is 0 Å². The Morgan fingerprint density at radius 1 is 1.45 bits per heavy atom. The van der Waals surface area contributed by atoms with Crippen molar-refractivity contribution in [3.8, 4) is 0 Å². The lowest BCUT2D eigenvalue weighted by atomic mass is 9.84. The molecule has 0 saturated carbocycles. The van der Waals surface area contributed by atoms with E-state index in [9.17, 15) is 4.79 Å². The third-order valence-corrected chi connectivity index (χ3v) is 2.27. The molecule has 2 heteroatoms. The van der Waals surface area contributed by atoms with Crippen molar-refractivity contribution in [1.82, 2.24) is 0 Å². The van der Waals surface area contributed by atoms with Crippen LogP contribution in [0.4, 0.5) is 0 Å². The van der Waals surface area contributed by atoms with Gasteiger partial charge in [0.2, 0.25) is 5.91 Å². The fourth-order valence-electron chi connectivity index (χ4n) is 0.769. The zero-order valence-corrected chi connectivity index (χ0v) is 7.55. The Bertz CT molecular complexity index is 157. The first kappa shape index (κ1) is 10.2. The summed E-state index contributed by atoms with van der Waals surface area (Å²) in [6.45, 7) is 6.33. The highest BCUT2D eigenvalue weighted by Crippen LogP contribution is 2.26. The van der Waals surface area contributed by atoms with Gasteiger partial charge in [-0.2, -0.15) is 0 Å². The number of carbonyl (C=O) groups excluding carboxylic acids is 1. The summed E-state index contributed by atoms with van der Waals surface area (Å²) < 4.78 is 0. The molecule has 64 valence electrons. The van der Waals surface area contributed by atoms with E-state index in [0.29, 0.717) is 0 Å². The largest absolute Gasteiger partial charge is 0.366 e. The van der Waals surface area contributed by atoms with Crippen LogP contribution in [0.2, 0.25) is 0 Å². The molecule has 0 aromatic rings. The molecular formula is C9H17NO. The predicted molar refractivity (Wildman–Crippen MR) is 47.0 cm³/mol. The standard InChI is InChI=1S/C9H17NO/c1-4-9(3,5-2)7-6-8(10)11/h6-7H,4-5H2,1-3H3,(H2,10,11)/b7-6+. The van der Waals surface area contributed by atoms with Crippen LogP contribution in [0.15, 0.2) is 12.2 Å². The molecule has 0 rings (SSSR count). The molecule has 0 bridgehead atoms. The molecule has 0 atom stereocenters. The van der Waals surface area contributed by atoms with Crippen LogP contribution >= 0.6 is 0 Å². The quantitative estimate of drug-likeness (QED) is 0.618. The summed E-state index contributed by atoms with van der Waals surface area (Å²) in [6.07, 6.45) is 5.42. The van der Waals surface area contributed by atoms with Gasteiger partial charge in [-0.3, -0.25) is 4.79 Å². The maximum Gasteiger partial charge on any atom is 0.241 e. The zero-order valence-electron chi connectivity index (χ0n) is 7.55. The van der Waals surface area contributed by atoms with Crippen LogP contribution in [-0.4, -0.2) is 5.91 Å². The average Bonchev–Trinajstić information content (AvgIpc) is 2.00. The van der Waals surface area contributed by atoms with Gasteiger partial charge in [0, 0.05) is 0 Å². The summed E-state index contributed by atoms with van der Waals surface area (Å²) in [5.41, 5.74) is 5.12. The Hall–Kier alpha value is -0.790. The lowest BCUT2D eigenvalue weighted by molar-refractivity contribution is -0.113. The third-order valence-electron chi connectivity index (χ3n) is 2.27. The van der Waals surface area contributed by atoms with Gasteiger partial charge >= 0.3 is 0 Å². The highest BCUT2D eigenvalue weighted by Gasteiger charge is 2.14. The van der Waals surface area contributed by atoms with Crippen LogP contribution in [0.5, 0.6) is 0 Å². The fraction of sp³-hybridized carbons (Fsp3) is 0.667. The van der Waals surface area contributed by atoms with Crippen LogP contribution in [0, 0.1) is 5.41 Å². The van der Waals surface area contributed by atoms with E-state index in [4.69, 9.17) is 5.73 Å². The Balaban J connectivity index is 4.17. The fourth-order valence-corrected chi connectivity index (χ4v) is 0.769. The van der Waals surface area contributed by atoms with Crippen LogP contribution < -0.4 is 5.73 Å². The number of carbonyl (C=O) groups is 1. The summed E-state index contributed by atoms with van der Waals surface area (Å²) in [7, 11) is 0. The maximum atomic E-state index is 10.4. The Labute approximate surface area is 68.5 Å². The Morgan fingerprint density at radius 2 is 1.91 bits per heavy atom. The Morgan fingerprint density at radius 3 is 2.18 bits per heavy atom. The highest BCUT2D eigenvalue weighted by molar-refractivity contribution is 5.85. The molecule has 0 radical (unpaired) electrons. The van der Waals surface area contributed by atoms with Gasteiger partial charge in [-0.15, -0.1) is 0 Å². The molecular weight excluding hydrogens is 138 g/mol. The molecule has 0 aliphatic rings. The minimum Gasteiger partial charge on any atom is -0.366 e. The molecule has 0 fully saturated rings. The molecule has 2 N–H and O–H groups in total. The van der Waals surface area contributed by atoms with E-state index in [0.717, 1.165) is 12.8 Å². The van der Waals surface area contributed by atoms with Crippen molar-refractivity contribution in [1.29, 1.82) is 0 Å². The van der Waals surface area contributed by atoms with Crippen LogP contribution in [0.25, 0.3) is 0 Å². The van der Waals surface area contributed by atoms with Gasteiger partial charge in [0.1, 0.15) is 0 Å². The first-order valence-corrected chi connectivity index (χ1v) is 4.02. The topological polar surface area (TPSA) is 43.1 Å². The molecule has 0 saturated heterocycles. The molecule has 0 aromatic heterocycles. The van der Waals surface area contributed by atoms with Gasteiger partial charge in [0.25, 0.3) is 0 Å². The lowest BCUT2D eigenvalue weighted by Gasteiger charge is -2.21. The minimum absolute atomic E-state index is 0.134. The third kappa shape index (κ3) is 3.81. The smallest absolute Gasteiger partial charge is 0.241 e. The van der Waals surface area contributed by atoms with E-state index in [-0.39, 0.29) is 11.3 Å². The summed E-state index contributed by atoms with van der Waals surface area (Å²) in [4.78, 5) is 10.4. The van der Waals surface area contributed by atoms with Crippen molar-refractivity contribution in [3.05, 3.63) is 12.2 Å². The van der Waals surface area contributed by atoms with E-state index in [2.05, 4.69) is 20.8 Å². The number of amides is 1. The summed E-state index contributed by atoms with van der Waals surface area (Å²) in [6, 6.07) is 0. The molecule has 11 heavy (non-hydrogen) atoms. The van der Waals surface area contributed by atoms with E-state index >= 15 is 0 Å². The highest BCUT2D eigenvalue weighted by atomic mass is 16.1.